The predicted octanol–water partition coefficient (Wildman–Crippen LogP) is 15.9. The number of furan rings is 3. The number of anilines is 3. The van der Waals surface area contributed by atoms with Gasteiger partial charge in [-0.2, -0.15) is 0 Å². The summed E-state index contributed by atoms with van der Waals surface area (Å²) >= 11 is 0. The highest BCUT2D eigenvalue weighted by atomic mass is 16.3. The summed E-state index contributed by atoms with van der Waals surface area (Å²) in [6.07, 6.45) is 0. The van der Waals surface area contributed by atoms with Gasteiger partial charge in [0, 0.05) is 49.4 Å². The van der Waals surface area contributed by atoms with Crippen LogP contribution in [-0.2, 0) is 0 Å². The molecule has 12 aromatic rings. The molecule has 0 fully saturated rings. The quantitative estimate of drug-likeness (QED) is 0.170. The number of hydrogen-bond acceptors (Lipinski definition) is 4. The van der Waals surface area contributed by atoms with Crippen LogP contribution in [0.2, 0.25) is 0 Å². The molecule has 0 spiro atoms. The summed E-state index contributed by atoms with van der Waals surface area (Å²) in [5.41, 5.74) is 15.3. The molecular formula is C54H33NO3. The molecule has 3 heterocycles. The van der Waals surface area contributed by atoms with Gasteiger partial charge in [0.15, 0.2) is 0 Å². The van der Waals surface area contributed by atoms with Crippen molar-refractivity contribution < 1.29 is 13.3 Å². The first-order chi connectivity index (χ1) is 28.7. The maximum absolute atomic E-state index is 6.49. The Labute approximate surface area is 333 Å². The standard InChI is InChI=1S/C54H33NO3/c1-2-9-34(10-3-1)35-17-24-39(25-18-35)55(41-28-21-37(22-29-41)42-13-8-16-48-52(42)43-11-4-6-14-46(43)56-48)40-26-19-36(20-27-40)38-23-30-45-51(33-38)58-50-32-31-49-53(54(45)50)44-12-5-7-15-47(44)57-49/h1-33H. The van der Waals surface area contributed by atoms with Crippen LogP contribution in [0.25, 0.3) is 99.2 Å². The zero-order valence-corrected chi connectivity index (χ0v) is 31.2. The van der Waals surface area contributed by atoms with E-state index in [1.165, 1.54) is 11.1 Å². The molecule has 0 amide bonds. The number of para-hydroxylation sites is 2. The van der Waals surface area contributed by atoms with Crippen LogP contribution in [0.4, 0.5) is 17.1 Å². The van der Waals surface area contributed by atoms with Crippen molar-refractivity contribution in [3.05, 3.63) is 200 Å². The zero-order valence-electron chi connectivity index (χ0n) is 31.2. The summed E-state index contributed by atoms with van der Waals surface area (Å²) in [6, 6.07) is 70.3. The van der Waals surface area contributed by atoms with E-state index in [-0.39, 0.29) is 0 Å². The van der Waals surface area contributed by atoms with Crippen molar-refractivity contribution in [1.29, 1.82) is 0 Å². The van der Waals surface area contributed by atoms with Crippen LogP contribution < -0.4 is 4.90 Å². The first-order valence-corrected chi connectivity index (χ1v) is 19.6. The number of rotatable bonds is 6. The Morgan fingerprint density at radius 3 is 1.31 bits per heavy atom. The molecule has 272 valence electrons. The van der Waals surface area contributed by atoms with Crippen LogP contribution >= 0.6 is 0 Å². The van der Waals surface area contributed by atoms with Crippen molar-refractivity contribution in [3.8, 4) is 33.4 Å². The van der Waals surface area contributed by atoms with Gasteiger partial charge >= 0.3 is 0 Å². The van der Waals surface area contributed by atoms with Gasteiger partial charge < -0.3 is 18.2 Å². The third-order valence-electron chi connectivity index (χ3n) is 11.5. The molecule has 0 aliphatic heterocycles. The Morgan fingerprint density at radius 1 is 0.259 bits per heavy atom. The van der Waals surface area contributed by atoms with E-state index >= 15 is 0 Å². The molecule has 0 radical (unpaired) electrons. The molecule has 0 atom stereocenters. The summed E-state index contributed by atoms with van der Waals surface area (Å²) in [4.78, 5) is 2.32. The number of benzene rings is 9. The van der Waals surface area contributed by atoms with Crippen LogP contribution in [0.3, 0.4) is 0 Å². The smallest absolute Gasteiger partial charge is 0.136 e. The third-order valence-corrected chi connectivity index (χ3v) is 11.5. The van der Waals surface area contributed by atoms with Crippen LogP contribution in [0, 0.1) is 0 Å². The number of fused-ring (bicyclic) bond motifs is 10. The second-order valence-corrected chi connectivity index (χ2v) is 14.8. The van der Waals surface area contributed by atoms with E-state index in [0.717, 1.165) is 105 Å². The first kappa shape index (κ1) is 32.4. The molecule has 0 N–H and O–H groups in total. The molecule has 0 aliphatic rings. The average molecular weight is 744 g/mol. The maximum atomic E-state index is 6.49. The summed E-state index contributed by atoms with van der Waals surface area (Å²) in [5, 5.41) is 6.64. The van der Waals surface area contributed by atoms with Crippen molar-refractivity contribution in [1.82, 2.24) is 0 Å². The molecule has 0 saturated carbocycles. The molecule has 0 bridgehead atoms. The van der Waals surface area contributed by atoms with Crippen LogP contribution in [0.1, 0.15) is 0 Å². The first-order valence-electron chi connectivity index (χ1n) is 19.6. The lowest BCUT2D eigenvalue weighted by molar-refractivity contribution is 0.663. The Morgan fingerprint density at radius 2 is 0.690 bits per heavy atom. The molecule has 9 aromatic carbocycles. The van der Waals surface area contributed by atoms with Crippen molar-refractivity contribution in [2.24, 2.45) is 0 Å². The summed E-state index contributed by atoms with van der Waals surface area (Å²) in [7, 11) is 0. The number of hydrogen-bond donors (Lipinski definition) is 0. The fourth-order valence-corrected chi connectivity index (χ4v) is 8.75. The van der Waals surface area contributed by atoms with Gasteiger partial charge in [0.25, 0.3) is 0 Å². The van der Waals surface area contributed by atoms with Gasteiger partial charge in [-0.05, 0) is 112 Å². The zero-order chi connectivity index (χ0) is 38.2. The van der Waals surface area contributed by atoms with Crippen molar-refractivity contribution in [3.63, 3.8) is 0 Å². The van der Waals surface area contributed by atoms with Crippen LogP contribution in [0.5, 0.6) is 0 Å². The Kier molecular flexibility index (Phi) is 7.20. The number of nitrogens with zero attached hydrogens (tertiary/aromatic N) is 1. The maximum Gasteiger partial charge on any atom is 0.136 e. The van der Waals surface area contributed by atoms with Crippen LogP contribution in [-0.4, -0.2) is 0 Å². The van der Waals surface area contributed by atoms with Crippen LogP contribution in [0.15, 0.2) is 213 Å². The highest BCUT2D eigenvalue weighted by Gasteiger charge is 2.18. The molecule has 4 nitrogen and oxygen atoms in total. The van der Waals surface area contributed by atoms with E-state index in [4.69, 9.17) is 13.3 Å². The highest BCUT2D eigenvalue weighted by Crippen LogP contribution is 2.43. The van der Waals surface area contributed by atoms with Gasteiger partial charge in [0.2, 0.25) is 0 Å². The SMILES string of the molecule is c1ccc(-c2ccc(N(c3ccc(-c4ccc5c(c4)oc4ccc6oc7ccccc7c6c45)cc3)c3ccc(-c4cccc5oc6ccccc6c45)cc3)cc2)cc1. The minimum atomic E-state index is 0.855. The minimum Gasteiger partial charge on any atom is -0.456 e. The summed E-state index contributed by atoms with van der Waals surface area (Å²) < 4.78 is 18.9. The van der Waals surface area contributed by atoms with Gasteiger partial charge in [-0.25, -0.2) is 0 Å². The molecule has 3 aromatic heterocycles. The Hall–Kier alpha value is -7.82. The summed E-state index contributed by atoms with van der Waals surface area (Å²) in [6.45, 7) is 0. The molecule has 0 aliphatic carbocycles. The average Bonchev–Trinajstić information content (AvgIpc) is 3.98. The van der Waals surface area contributed by atoms with E-state index in [1.54, 1.807) is 0 Å². The van der Waals surface area contributed by atoms with Gasteiger partial charge in [0.1, 0.15) is 33.5 Å². The molecule has 12 rings (SSSR count). The molecule has 0 unspecified atom stereocenters. The highest BCUT2D eigenvalue weighted by molar-refractivity contribution is 6.26. The second-order valence-electron chi connectivity index (χ2n) is 14.8. The van der Waals surface area contributed by atoms with E-state index < -0.39 is 0 Å². The van der Waals surface area contributed by atoms with E-state index in [9.17, 15) is 0 Å². The normalized spacial score (nSPS) is 11.8. The predicted molar refractivity (Wildman–Crippen MR) is 239 cm³/mol. The molecular weight excluding hydrogens is 711 g/mol. The summed E-state index contributed by atoms with van der Waals surface area (Å²) in [5.74, 6) is 0. The minimum absolute atomic E-state index is 0.855. The molecule has 0 saturated heterocycles. The van der Waals surface area contributed by atoms with Crippen molar-refractivity contribution >= 4 is 82.9 Å². The van der Waals surface area contributed by atoms with E-state index in [0.29, 0.717) is 0 Å². The van der Waals surface area contributed by atoms with Gasteiger partial charge in [-0.15, -0.1) is 0 Å². The Balaban J connectivity index is 0.930. The van der Waals surface area contributed by atoms with Gasteiger partial charge in [-0.3, -0.25) is 0 Å². The lowest BCUT2D eigenvalue weighted by Gasteiger charge is -2.26. The van der Waals surface area contributed by atoms with Gasteiger partial charge in [-0.1, -0.05) is 121 Å². The fraction of sp³-hybridized carbons (Fsp3) is 0. The second kappa shape index (κ2) is 12.9. The lowest BCUT2D eigenvalue weighted by Crippen LogP contribution is -2.09. The van der Waals surface area contributed by atoms with Crippen molar-refractivity contribution in [2.45, 2.75) is 0 Å². The molecule has 58 heavy (non-hydrogen) atoms. The van der Waals surface area contributed by atoms with E-state index in [1.807, 2.05) is 42.5 Å². The molecule has 4 heteroatoms. The topological polar surface area (TPSA) is 42.7 Å². The monoisotopic (exact) mass is 743 g/mol. The van der Waals surface area contributed by atoms with E-state index in [2.05, 4.69) is 163 Å². The van der Waals surface area contributed by atoms with Gasteiger partial charge in [0.05, 0.1) is 0 Å². The Bertz CT molecular complexity index is 3480. The third kappa shape index (κ3) is 5.16. The fourth-order valence-electron chi connectivity index (χ4n) is 8.75. The lowest BCUT2D eigenvalue weighted by atomic mass is 9.99. The van der Waals surface area contributed by atoms with Crippen molar-refractivity contribution in [2.75, 3.05) is 4.90 Å². The largest absolute Gasteiger partial charge is 0.456 e.